The fourth-order valence-electron chi connectivity index (χ4n) is 2.95. The smallest absolute Gasteiger partial charge is 0.261 e. The van der Waals surface area contributed by atoms with E-state index in [0.29, 0.717) is 35.9 Å². The third-order valence-electron chi connectivity index (χ3n) is 4.60. The molecule has 1 amide bonds. The Labute approximate surface area is 182 Å². The molecule has 9 heteroatoms. The standard InChI is InChI=1S/C22H26N4O4S/c1-3-8-20-24-22(30-25-20)12-7-11-21(27)23-17-14-13-16(2)19(15-17)26-31(28,29)18-9-5-4-6-10-18/h4-6,9-10,13-15,26H,3,7-8,11-12H2,1-2H3,(H,23,27). The van der Waals surface area contributed by atoms with Gasteiger partial charge in [-0.05, 0) is 49.6 Å². The Morgan fingerprint density at radius 2 is 1.87 bits per heavy atom. The largest absolute Gasteiger partial charge is 0.339 e. The molecule has 8 nitrogen and oxygen atoms in total. The lowest BCUT2D eigenvalue weighted by atomic mass is 10.1. The highest BCUT2D eigenvalue weighted by Crippen LogP contribution is 2.24. The van der Waals surface area contributed by atoms with E-state index < -0.39 is 10.0 Å². The molecule has 0 bridgehead atoms. The van der Waals surface area contributed by atoms with Crippen molar-refractivity contribution in [3.63, 3.8) is 0 Å². The molecule has 31 heavy (non-hydrogen) atoms. The number of benzene rings is 2. The molecule has 0 radical (unpaired) electrons. The topological polar surface area (TPSA) is 114 Å². The number of amides is 1. The molecular formula is C22H26N4O4S. The summed E-state index contributed by atoms with van der Waals surface area (Å²) in [6, 6.07) is 13.2. The minimum Gasteiger partial charge on any atom is -0.339 e. The van der Waals surface area contributed by atoms with Gasteiger partial charge in [-0.2, -0.15) is 4.98 Å². The summed E-state index contributed by atoms with van der Waals surface area (Å²) in [6.07, 6.45) is 3.10. The summed E-state index contributed by atoms with van der Waals surface area (Å²) in [5.74, 6) is 1.05. The molecule has 0 spiro atoms. The van der Waals surface area contributed by atoms with Crippen LogP contribution in [0.1, 0.15) is 43.5 Å². The van der Waals surface area contributed by atoms with Gasteiger partial charge < -0.3 is 9.84 Å². The minimum absolute atomic E-state index is 0.172. The van der Waals surface area contributed by atoms with Gasteiger partial charge in [0.25, 0.3) is 10.0 Å². The van der Waals surface area contributed by atoms with Gasteiger partial charge in [-0.1, -0.05) is 36.3 Å². The average Bonchev–Trinajstić information content (AvgIpc) is 3.18. The van der Waals surface area contributed by atoms with Crippen molar-refractivity contribution in [1.29, 1.82) is 0 Å². The molecule has 3 aromatic rings. The summed E-state index contributed by atoms with van der Waals surface area (Å²) in [5.41, 5.74) is 1.68. The van der Waals surface area contributed by atoms with Crippen molar-refractivity contribution in [3.05, 3.63) is 65.8 Å². The molecule has 1 aromatic heterocycles. The Kier molecular flexibility index (Phi) is 7.41. The summed E-state index contributed by atoms with van der Waals surface area (Å²) in [7, 11) is -3.71. The second kappa shape index (κ2) is 10.2. The maximum Gasteiger partial charge on any atom is 0.261 e. The molecule has 0 unspecified atom stereocenters. The van der Waals surface area contributed by atoms with Crippen LogP contribution in [-0.2, 0) is 27.7 Å². The van der Waals surface area contributed by atoms with Gasteiger partial charge >= 0.3 is 0 Å². The Morgan fingerprint density at radius 3 is 2.61 bits per heavy atom. The first-order chi connectivity index (χ1) is 14.9. The molecule has 0 fully saturated rings. The molecule has 0 saturated heterocycles. The van der Waals surface area contributed by atoms with Crippen molar-refractivity contribution in [3.8, 4) is 0 Å². The van der Waals surface area contributed by atoms with E-state index in [1.54, 1.807) is 43.3 Å². The number of sulfonamides is 1. The molecule has 0 aliphatic heterocycles. The quantitative estimate of drug-likeness (QED) is 0.489. The normalized spacial score (nSPS) is 11.3. The number of aromatic nitrogens is 2. The first kappa shape index (κ1) is 22.5. The van der Waals surface area contributed by atoms with Gasteiger partial charge in [-0.15, -0.1) is 0 Å². The summed E-state index contributed by atoms with van der Waals surface area (Å²) in [6.45, 7) is 3.84. The Morgan fingerprint density at radius 1 is 1.10 bits per heavy atom. The van der Waals surface area contributed by atoms with Crippen LogP contribution < -0.4 is 10.0 Å². The van der Waals surface area contributed by atoms with E-state index in [1.807, 2.05) is 6.92 Å². The maximum atomic E-state index is 12.6. The zero-order valence-electron chi connectivity index (χ0n) is 17.6. The first-order valence-electron chi connectivity index (χ1n) is 10.2. The lowest BCUT2D eigenvalue weighted by Crippen LogP contribution is -2.15. The fourth-order valence-corrected chi connectivity index (χ4v) is 4.10. The SMILES string of the molecule is CCCc1noc(CCCC(=O)Nc2ccc(C)c(NS(=O)(=O)c3ccccc3)c2)n1. The Balaban J connectivity index is 1.57. The van der Waals surface area contributed by atoms with Crippen molar-refractivity contribution >= 4 is 27.3 Å². The molecule has 0 aliphatic carbocycles. The van der Waals surface area contributed by atoms with Gasteiger partial charge in [-0.25, -0.2) is 8.42 Å². The van der Waals surface area contributed by atoms with Crippen molar-refractivity contribution < 1.29 is 17.7 Å². The zero-order chi connectivity index (χ0) is 22.3. The molecule has 0 aliphatic rings. The second-order valence-electron chi connectivity index (χ2n) is 7.20. The minimum atomic E-state index is -3.71. The highest BCUT2D eigenvalue weighted by Gasteiger charge is 2.15. The molecule has 2 N–H and O–H groups in total. The van der Waals surface area contributed by atoms with Crippen molar-refractivity contribution in [2.75, 3.05) is 10.0 Å². The van der Waals surface area contributed by atoms with Crippen LogP contribution in [0.5, 0.6) is 0 Å². The lowest BCUT2D eigenvalue weighted by molar-refractivity contribution is -0.116. The number of carbonyl (C=O) groups excluding carboxylic acids is 1. The molecule has 1 heterocycles. The summed E-state index contributed by atoms with van der Waals surface area (Å²) in [5, 5.41) is 6.70. The summed E-state index contributed by atoms with van der Waals surface area (Å²) in [4.78, 5) is 16.8. The van der Waals surface area contributed by atoms with Gasteiger partial charge in [0.1, 0.15) is 0 Å². The highest BCUT2D eigenvalue weighted by molar-refractivity contribution is 7.92. The van der Waals surface area contributed by atoms with Crippen LogP contribution in [0.2, 0.25) is 0 Å². The molecule has 164 valence electrons. The molecule has 3 rings (SSSR count). The fraction of sp³-hybridized carbons (Fsp3) is 0.318. The number of hydrogen-bond acceptors (Lipinski definition) is 6. The van der Waals surface area contributed by atoms with E-state index in [2.05, 4.69) is 20.2 Å². The van der Waals surface area contributed by atoms with Crippen LogP contribution in [0.25, 0.3) is 0 Å². The summed E-state index contributed by atoms with van der Waals surface area (Å²) >= 11 is 0. The molecule has 0 saturated carbocycles. The van der Waals surface area contributed by atoms with E-state index >= 15 is 0 Å². The number of nitrogens with zero attached hydrogens (tertiary/aromatic N) is 2. The van der Waals surface area contributed by atoms with Crippen molar-refractivity contribution in [1.82, 2.24) is 10.1 Å². The number of carbonyl (C=O) groups is 1. The van der Waals surface area contributed by atoms with E-state index in [4.69, 9.17) is 4.52 Å². The summed E-state index contributed by atoms with van der Waals surface area (Å²) < 4.78 is 32.9. The zero-order valence-corrected chi connectivity index (χ0v) is 18.4. The van der Waals surface area contributed by atoms with Crippen molar-refractivity contribution in [2.24, 2.45) is 0 Å². The third kappa shape index (κ3) is 6.39. The molecule has 0 atom stereocenters. The highest BCUT2D eigenvalue weighted by atomic mass is 32.2. The van der Waals surface area contributed by atoms with Gasteiger partial charge in [0.2, 0.25) is 11.8 Å². The van der Waals surface area contributed by atoms with Crippen LogP contribution in [0, 0.1) is 6.92 Å². The van der Waals surface area contributed by atoms with Gasteiger partial charge in [0.05, 0.1) is 10.6 Å². The number of nitrogens with one attached hydrogen (secondary N) is 2. The number of hydrogen-bond donors (Lipinski definition) is 2. The van der Waals surface area contributed by atoms with Crippen LogP contribution in [0.4, 0.5) is 11.4 Å². The van der Waals surface area contributed by atoms with Crippen LogP contribution >= 0.6 is 0 Å². The van der Waals surface area contributed by atoms with Crippen LogP contribution in [-0.4, -0.2) is 24.5 Å². The van der Waals surface area contributed by atoms with Crippen LogP contribution in [0.3, 0.4) is 0 Å². The predicted molar refractivity (Wildman–Crippen MR) is 118 cm³/mol. The molecular weight excluding hydrogens is 416 g/mol. The van der Waals surface area contributed by atoms with E-state index in [9.17, 15) is 13.2 Å². The molecule has 2 aromatic carbocycles. The Bertz CT molecular complexity index is 1130. The lowest BCUT2D eigenvalue weighted by Gasteiger charge is -2.13. The second-order valence-corrected chi connectivity index (χ2v) is 8.89. The van der Waals surface area contributed by atoms with Crippen LogP contribution in [0.15, 0.2) is 57.9 Å². The van der Waals surface area contributed by atoms with Gasteiger partial charge in [-0.3, -0.25) is 9.52 Å². The van der Waals surface area contributed by atoms with E-state index in [-0.39, 0.29) is 17.2 Å². The van der Waals surface area contributed by atoms with E-state index in [1.165, 1.54) is 12.1 Å². The van der Waals surface area contributed by atoms with Gasteiger partial charge in [0, 0.05) is 24.9 Å². The van der Waals surface area contributed by atoms with Crippen molar-refractivity contribution in [2.45, 2.75) is 50.8 Å². The number of rotatable bonds is 10. The predicted octanol–water partition coefficient (Wildman–Crippen LogP) is 4.09. The number of aryl methyl sites for hydroxylation is 3. The third-order valence-corrected chi connectivity index (χ3v) is 5.98. The average molecular weight is 443 g/mol. The maximum absolute atomic E-state index is 12.6. The van der Waals surface area contributed by atoms with Gasteiger partial charge in [0.15, 0.2) is 5.82 Å². The Hall–Kier alpha value is -3.20. The van der Waals surface area contributed by atoms with E-state index in [0.717, 1.165) is 18.4 Å². The monoisotopic (exact) mass is 442 g/mol. The number of anilines is 2. The first-order valence-corrected chi connectivity index (χ1v) is 11.7.